The Morgan fingerprint density at radius 2 is 2.05 bits per heavy atom. The molecule has 0 bridgehead atoms. The number of ether oxygens (including phenoxy) is 1. The van der Waals surface area contributed by atoms with Gasteiger partial charge in [-0.1, -0.05) is 23.2 Å². The summed E-state index contributed by atoms with van der Waals surface area (Å²) in [4.78, 5) is 0. The molecule has 1 aromatic carbocycles. The maximum atomic E-state index is 9.82. The second-order valence-electron chi connectivity index (χ2n) is 5.33. The van der Waals surface area contributed by atoms with Crippen molar-refractivity contribution >= 4 is 23.2 Å². The molecule has 0 aromatic heterocycles. The van der Waals surface area contributed by atoms with Crippen molar-refractivity contribution in [3.05, 3.63) is 28.2 Å². The van der Waals surface area contributed by atoms with E-state index in [1.807, 2.05) is 0 Å². The van der Waals surface area contributed by atoms with Crippen molar-refractivity contribution in [1.82, 2.24) is 5.32 Å². The first kappa shape index (κ1) is 15.9. The van der Waals surface area contributed by atoms with Gasteiger partial charge < -0.3 is 20.3 Å². The second-order valence-corrected chi connectivity index (χ2v) is 6.14. The lowest BCUT2D eigenvalue weighted by Crippen LogP contribution is -2.35. The Kier molecular flexibility index (Phi) is 5.52. The van der Waals surface area contributed by atoms with E-state index in [0.29, 0.717) is 22.3 Å². The lowest BCUT2D eigenvalue weighted by atomic mass is 10.1. The number of aliphatic hydroxyl groups is 2. The highest BCUT2D eigenvalue weighted by Crippen LogP contribution is 2.44. The van der Waals surface area contributed by atoms with E-state index >= 15 is 0 Å². The first-order valence-corrected chi connectivity index (χ1v) is 7.38. The number of rotatable bonds is 8. The van der Waals surface area contributed by atoms with Crippen LogP contribution in [0.15, 0.2) is 18.2 Å². The highest BCUT2D eigenvalue weighted by atomic mass is 35.5. The number of halogens is 2. The summed E-state index contributed by atoms with van der Waals surface area (Å²) in [6.45, 7) is 1.55. The molecule has 0 saturated heterocycles. The van der Waals surface area contributed by atoms with E-state index < -0.39 is 6.10 Å². The second kappa shape index (κ2) is 6.96. The third-order valence-electron chi connectivity index (χ3n) is 3.51. The van der Waals surface area contributed by atoms with Crippen LogP contribution in [-0.2, 0) is 0 Å². The Bertz CT molecular complexity index is 452. The van der Waals surface area contributed by atoms with Crippen LogP contribution in [0.4, 0.5) is 0 Å². The molecular weight excluding hydrogens is 301 g/mol. The van der Waals surface area contributed by atoms with Gasteiger partial charge in [-0.3, -0.25) is 0 Å². The van der Waals surface area contributed by atoms with Gasteiger partial charge in [0.1, 0.15) is 18.5 Å². The topological polar surface area (TPSA) is 61.7 Å². The van der Waals surface area contributed by atoms with Gasteiger partial charge in [-0.25, -0.2) is 0 Å². The fraction of sp³-hybridized carbons (Fsp3) is 0.571. The van der Waals surface area contributed by atoms with Gasteiger partial charge in [-0.2, -0.15) is 0 Å². The monoisotopic (exact) mass is 319 g/mol. The average molecular weight is 320 g/mol. The first-order chi connectivity index (χ1) is 9.54. The molecular formula is C14H19Cl2NO3. The smallest absolute Gasteiger partial charge is 0.121 e. The van der Waals surface area contributed by atoms with Gasteiger partial charge in [-0.05, 0) is 25.0 Å². The van der Waals surface area contributed by atoms with Crippen LogP contribution in [0.25, 0.3) is 0 Å². The summed E-state index contributed by atoms with van der Waals surface area (Å²) in [6, 6.07) is 4.98. The van der Waals surface area contributed by atoms with Gasteiger partial charge in [0.25, 0.3) is 0 Å². The van der Waals surface area contributed by atoms with Gasteiger partial charge in [0.15, 0.2) is 0 Å². The minimum absolute atomic E-state index is 0.0459. The molecule has 1 unspecified atom stereocenters. The van der Waals surface area contributed by atoms with Crippen molar-refractivity contribution in [2.75, 3.05) is 26.3 Å². The number of aliphatic hydroxyl groups excluding tert-OH is 2. The highest BCUT2D eigenvalue weighted by molar-refractivity contribution is 6.42. The first-order valence-electron chi connectivity index (χ1n) is 6.62. The quantitative estimate of drug-likeness (QED) is 0.686. The molecule has 4 nitrogen and oxygen atoms in total. The van der Waals surface area contributed by atoms with E-state index in [-0.39, 0.29) is 18.6 Å². The zero-order chi connectivity index (χ0) is 14.6. The molecule has 0 spiro atoms. The van der Waals surface area contributed by atoms with Gasteiger partial charge in [0, 0.05) is 31.2 Å². The van der Waals surface area contributed by atoms with E-state index in [4.69, 9.17) is 27.9 Å². The fourth-order valence-corrected chi connectivity index (χ4v) is 2.18. The number of benzene rings is 1. The number of hydrogen-bond acceptors (Lipinski definition) is 4. The van der Waals surface area contributed by atoms with E-state index in [1.54, 1.807) is 18.2 Å². The normalized spacial score (nSPS) is 17.8. The van der Waals surface area contributed by atoms with Gasteiger partial charge in [0.2, 0.25) is 0 Å². The van der Waals surface area contributed by atoms with Crippen molar-refractivity contribution < 1.29 is 14.9 Å². The molecule has 3 N–H and O–H groups in total. The molecule has 6 heteroatoms. The lowest BCUT2D eigenvalue weighted by molar-refractivity contribution is 0.103. The Balaban J connectivity index is 1.66. The van der Waals surface area contributed by atoms with Crippen molar-refractivity contribution in [2.45, 2.75) is 18.9 Å². The molecule has 1 aromatic rings. The van der Waals surface area contributed by atoms with Crippen LogP contribution in [0.5, 0.6) is 5.75 Å². The summed E-state index contributed by atoms with van der Waals surface area (Å²) >= 11 is 11.7. The number of nitrogens with one attached hydrogen (secondary N) is 1. The summed E-state index contributed by atoms with van der Waals surface area (Å²) in [5, 5.41) is 23.0. The Labute approximate surface area is 128 Å². The lowest BCUT2D eigenvalue weighted by Gasteiger charge is -2.16. The molecule has 1 aliphatic carbocycles. The molecule has 112 valence electrons. The third-order valence-corrected chi connectivity index (χ3v) is 4.24. The standard InChI is InChI=1S/C14H19Cl2NO3/c15-12-2-1-11(5-13(12)16)20-7-10(19)6-17-8-14(9-18)3-4-14/h1-2,5,10,17-19H,3-4,6-9H2. The van der Waals surface area contributed by atoms with Crippen LogP contribution in [0, 0.1) is 5.41 Å². The van der Waals surface area contributed by atoms with Crippen molar-refractivity contribution in [3.63, 3.8) is 0 Å². The molecule has 0 heterocycles. The minimum atomic E-state index is -0.612. The van der Waals surface area contributed by atoms with Crippen LogP contribution < -0.4 is 10.1 Å². The largest absolute Gasteiger partial charge is 0.491 e. The van der Waals surface area contributed by atoms with Gasteiger partial charge >= 0.3 is 0 Å². The maximum absolute atomic E-state index is 9.82. The summed E-state index contributed by atoms with van der Waals surface area (Å²) in [7, 11) is 0. The Morgan fingerprint density at radius 3 is 2.65 bits per heavy atom. The van der Waals surface area contributed by atoms with Crippen LogP contribution in [0.1, 0.15) is 12.8 Å². The molecule has 2 rings (SSSR count). The van der Waals surface area contributed by atoms with E-state index in [1.165, 1.54) is 0 Å². The van der Waals surface area contributed by atoms with Gasteiger partial charge in [-0.15, -0.1) is 0 Å². The van der Waals surface area contributed by atoms with E-state index in [0.717, 1.165) is 19.4 Å². The van der Waals surface area contributed by atoms with Crippen molar-refractivity contribution in [1.29, 1.82) is 0 Å². The highest BCUT2D eigenvalue weighted by Gasteiger charge is 2.41. The molecule has 1 aliphatic rings. The summed E-state index contributed by atoms with van der Waals surface area (Å²) in [6.07, 6.45) is 1.48. The van der Waals surface area contributed by atoms with Crippen LogP contribution in [-0.4, -0.2) is 42.6 Å². The minimum Gasteiger partial charge on any atom is -0.491 e. The molecule has 20 heavy (non-hydrogen) atoms. The van der Waals surface area contributed by atoms with E-state index in [9.17, 15) is 10.2 Å². The molecule has 0 amide bonds. The summed E-state index contributed by atoms with van der Waals surface area (Å²) < 4.78 is 5.45. The van der Waals surface area contributed by atoms with Crippen LogP contribution >= 0.6 is 23.2 Å². The molecule has 1 saturated carbocycles. The van der Waals surface area contributed by atoms with Gasteiger partial charge in [0.05, 0.1) is 10.0 Å². The summed E-state index contributed by atoms with van der Waals surface area (Å²) in [5.74, 6) is 0.576. The van der Waals surface area contributed by atoms with E-state index in [2.05, 4.69) is 5.32 Å². The summed E-state index contributed by atoms with van der Waals surface area (Å²) in [5.41, 5.74) is 0.0459. The Morgan fingerprint density at radius 1 is 1.30 bits per heavy atom. The maximum Gasteiger partial charge on any atom is 0.121 e. The third kappa shape index (κ3) is 4.50. The molecule has 0 aliphatic heterocycles. The fourth-order valence-electron chi connectivity index (χ4n) is 1.89. The molecule has 1 atom stereocenters. The molecule has 1 fully saturated rings. The average Bonchev–Trinajstić information content (AvgIpc) is 3.21. The predicted molar refractivity (Wildman–Crippen MR) is 79.6 cm³/mol. The Hall–Kier alpha value is -0.520. The number of hydrogen-bond donors (Lipinski definition) is 3. The van der Waals surface area contributed by atoms with Crippen molar-refractivity contribution in [2.24, 2.45) is 5.41 Å². The predicted octanol–water partition coefficient (Wildman–Crippen LogP) is 2.10. The molecule has 0 radical (unpaired) electrons. The zero-order valence-corrected chi connectivity index (χ0v) is 12.6. The van der Waals surface area contributed by atoms with Crippen LogP contribution in [0.3, 0.4) is 0 Å². The van der Waals surface area contributed by atoms with Crippen LogP contribution in [0.2, 0.25) is 10.0 Å². The SMILES string of the molecule is OCC1(CNCC(O)COc2ccc(Cl)c(Cl)c2)CC1. The van der Waals surface area contributed by atoms with Crippen molar-refractivity contribution in [3.8, 4) is 5.75 Å². The zero-order valence-electron chi connectivity index (χ0n) is 11.1.